The lowest BCUT2D eigenvalue weighted by atomic mass is 10.0. The molecular formula is C16H21FN4. The minimum Gasteiger partial charge on any atom is -0.373 e. The van der Waals surface area contributed by atoms with Gasteiger partial charge in [0, 0.05) is 19.2 Å². The number of hydrogen-bond acceptors (Lipinski definition) is 4. The highest BCUT2D eigenvalue weighted by molar-refractivity contribution is 5.58. The second-order valence-electron chi connectivity index (χ2n) is 5.20. The van der Waals surface area contributed by atoms with Crippen molar-refractivity contribution in [3.05, 3.63) is 47.5 Å². The Hall–Kier alpha value is -2.17. The molecule has 0 amide bonds. The van der Waals surface area contributed by atoms with Crippen molar-refractivity contribution >= 4 is 11.6 Å². The monoisotopic (exact) mass is 288 g/mol. The molecule has 0 aliphatic rings. The number of anilines is 2. The molecule has 2 N–H and O–H groups in total. The summed E-state index contributed by atoms with van der Waals surface area (Å²) in [4.78, 5) is 8.57. The van der Waals surface area contributed by atoms with Crippen molar-refractivity contribution in [1.82, 2.24) is 9.97 Å². The normalized spacial score (nSPS) is 10.7. The molecule has 4 nitrogen and oxygen atoms in total. The highest BCUT2D eigenvalue weighted by Crippen LogP contribution is 2.27. The molecule has 1 aromatic carbocycles. The van der Waals surface area contributed by atoms with E-state index in [2.05, 4.69) is 34.4 Å². The Balaban J connectivity index is 2.06. The molecule has 0 atom stereocenters. The third-order valence-electron chi connectivity index (χ3n) is 3.29. The largest absolute Gasteiger partial charge is 0.373 e. The van der Waals surface area contributed by atoms with Gasteiger partial charge in [-0.3, -0.25) is 0 Å². The first-order chi connectivity index (χ1) is 10.1. The third kappa shape index (κ3) is 3.90. The summed E-state index contributed by atoms with van der Waals surface area (Å²) >= 11 is 0. The summed E-state index contributed by atoms with van der Waals surface area (Å²) in [6.07, 6.45) is 2.29. The molecule has 5 heteroatoms. The molecule has 0 saturated carbocycles. The van der Waals surface area contributed by atoms with Crippen LogP contribution in [0.1, 0.15) is 30.9 Å². The van der Waals surface area contributed by atoms with Crippen molar-refractivity contribution in [3.63, 3.8) is 0 Å². The number of nitrogens with zero attached hydrogens (tertiary/aromatic N) is 2. The zero-order valence-electron chi connectivity index (χ0n) is 12.7. The van der Waals surface area contributed by atoms with Gasteiger partial charge in [0.05, 0.1) is 0 Å². The Bertz CT molecular complexity index is 599. The molecule has 0 bridgehead atoms. The second-order valence-corrected chi connectivity index (χ2v) is 5.20. The van der Waals surface area contributed by atoms with E-state index in [0.29, 0.717) is 12.5 Å². The van der Waals surface area contributed by atoms with Crippen LogP contribution in [0.2, 0.25) is 0 Å². The van der Waals surface area contributed by atoms with Crippen molar-refractivity contribution < 1.29 is 4.39 Å². The van der Waals surface area contributed by atoms with Crippen molar-refractivity contribution in [2.24, 2.45) is 0 Å². The molecule has 0 unspecified atom stereocenters. The predicted octanol–water partition coefficient (Wildman–Crippen LogP) is 3.44. The summed E-state index contributed by atoms with van der Waals surface area (Å²) in [5.74, 6) is 1.79. The first kappa shape index (κ1) is 15.2. The first-order valence-electron chi connectivity index (χ1n) is 7.12. The molecule has 0 aliphatic carbocycles. The molecule has 2 aromatic rings. The van der Waals surface area contributed by atoms with Gasteiger partial charge in [-0.1, -0.05) is 26.0 Å². The van der Waals surface area contributed by atoms with Crippen molar-refractivity contribution in [3.8, 4) is 0 Å². The minimum atomic E-state index is -0.199. The van der Waals surface area contributed by atoms with E-state index < -0.39 is 0 Å². The highest BCUT2D eigenvalue weighted by Gasteiger charge is 2.13. The number of benzene rings is 1. The number of aromatic nitrogens is 2. The maximum Gasteiger partial charge on any atom is 0.134 e. The standard InChI is InChI=1S/C16H21FN4/c1-11(2)14-15(18-3)20-10-21-16(14)19-8-7-12-5-4-6-13(17)9-12/h4-6,9-11H,7-8H2,1-3H3,(H2,18,19,20,21). The van der Waals surface area contributed by atoms with E-state index in [4.69, 9.17) is 0 Å². The van der Waals surface area contributed by atoms with Crippen LogP contribution in [-0.4, -0.2) is 23.6 Å². The molecule has 0 fully saturated rings. The van der Waals surface area contributed by atoms with Gasteiger partial charge in [0.15, 0.2) is 0 Å². The number of nitrogens with one attached hydrogen (secondary N) is 2. The summed E-state index contributed by atoms with van der Waals surface area (Å²) < 4.78 is 13.1. The average Bonchev–Trinajstić information content (AvgIpc) is 2.46. The maximum atomic E-state index is 13.1. The van der Waals surface area contributed by atoms with Crippen LogP contribution in [0, 0.1) is 5.82 Å². The van der Waals surface area contributed by atoms with Crippen LogP contribution in [0.25, 0.3) is 0 Å². The fraction of sp³-hybridized carbons (Fsp3) is 0.375. The van der Waals surface area contributed by atoms with Gasteiger partial charge in [-0.2, -0.15) is 0 Å². The van der Waals surface area contributed by atoms with Crippen LogP contribution in [0.4, 0.5) is 16.0 Å². The zero-order chi connectivity index (χ0) is 15.2. The van der Waals surface area contributed by atoms with Gasteiger partial charge in [0.2, 0.25) is 0 Å². The summed E-state index contributed by atoms with van der Waals surface area (Å²) in [6.45, 7) is 4.91. The maximum absolute atomic E-state index is 13.1. The van der Waals surface area contributed by atoms with Gasteiger partial charge in [0.1, 0.15) is 23.8 Å². The Morgan fingerprint density at radius 2 is 1.95 bits per heavy atom. The molecule has 0 saturated heterocycles. The molecule has 0 spiro atoms. The lowest BCUT2D eigenvalue weighted by Gasteiger charge is -2.16. The van der Waals surface area contributed by atoms with E-state index in [9.17, 15) is 4.39 Å². The van der Waals surface area contributed by atoms with Gasteiger partial charge in [-0.15, -0.1) is 0 Å². The second kappa shape index (κ2) is 7.02. The molecule has 2 rings (SSSR count). The summed E-state index contributed by atoms with van der Waals surface area (Å²) in [5, 5.41) is 6.42. The van der Waals surface area contributed by atoms with E-state index in [0.717, 1.165) is 29.2 Å². The van der Waals surface area contributed by atoms with Crippen LogP contribution >= 0.6 is 0 Å². The van der Waals surface area contributed by atoms with Crippen molar-refractivity contribution in [2.45, 2.75) is 26.2 Å². The SMILES string of the molecule is CNc1ncnc(NCCc2cccc(F)c2)c1C(C)C. The van der Waals surface area contributed by atoms with Gasteiger partial charge in [0.25, 0.3) is 0 Å². The van der Waals surface area contributed by atoms with E-state index in [1.54, 1.807) is 18.5 Å². The third-order valence-corrected chi connectivity index (χ3v) is 3.29. The van der Waals surface area contributed by atoms with Gasteiger partial charge in [-0.25, -0.2) is 14.4 Å². The molecular weight excluding hydrogens is 267 g/mol. The summed E-state index contributed by atoms with van der Waals surface area (Å²) in [5.41, 5.74) is 2.04. The van der Waals surface area contributed by atoms with Crippen molar-refractivity contribution in [1.29, 1.82) is 0 Å². The fourth-order valence-electron chi connectivity index (χ4n) is 2.30. The minimum absolute atomic E-state index is 0.199. The van der Waals surface area contributed by atoms with Gasteiger partial charge < -0.3 is 10.6 Å². The molecule has 0 aliphatic heterocycles. The predicted molar refractivity (Wildman–Crippen MR) is 84.3 cm³/mol. The zero-order valence-corrected chi connectivity index (χ0v) is 12.7. The molecule has 0 radical (unpaired) electrons. The highest BCUT2D eigenvalue weighted by atomic mass is 19.1. The van der Waals surface area contributed by atoms with E-state index in [-0.39, 0.29) is 5.82 Å². The van der Waals surface area contributed by atoms with Crippen molar-refractivity contribution in [2.75, 3.05) is 24.2 Å². The molecule has 1 heterocycles. The molecule has 1 aromatic heterocycles. The Morgan fingerprint density at radius 1 is 1.19 bits per heavy atom. The van der Waals surface area contributed by atoms with E-state index >= 15 is 0 Å². The van der Waals surface area contributed by atoms with E-state index in [1.165, 1.54) is 6.07 Å². The van der Waals surface area contributed by atoms with Crippen LogP contribution in [0.15, 0.2) is 30.6 Å². The van der Waals surface area contributed by atoms with Crippen LogP contribution in [0.3, 0.4) is 0 Å². The Kier molecular flexibility index (Phi) is 5.09. The van der Waals surface area contributed by atoms with Gasteiger partial charge >= 0.3 is 0 Å². The fourth-order valence-corrected chi connectivity index (χ4v) is 2.30. The Morgan fingerprint density at radius 3 is 2.62 bits per heavy atom. The topological polar surface area (TPSA) is 49.8 Å². The molecule has 21 heavy (non-hydrogen) atoms. The Labute approximate surface area is 124 Å². The average molecular weight is 288 g/mol. The lowest BCUT2D eigenvalue weighted by Crippen LogP contribution is -2.12. The van der Waals surface area contributed by atoms with Gasteiger partial charge in [-0.05, 0) is 30.0 Å². The quantitative estimate of drug-likeness (QED) is 0.855. The smallest absolute Gasteiger partial charge is 0.134 e. The van der Waals surface area contributed by atoms with Crippen LogP contribution < -0.4 is 10.6 Å². The first-order valence-corrected chi connectivity index (χ1v) is 7.12. The number of halogens is 1. The van der Waals surface area contributed by atoms with E-state index in [1.807, 2.05) is 13.1 Å². The molecule has 112 valence electrons. The number of rotatable bonds is 6. The van der Waals surface area contributed by atoms with Crippen LogP contribution in [0.5, 0.6) is 0 Å². The van der Waals surface area contributed by atoms with Crippen LogP contribution in [-0.2, 0) is 6.42 Å². The summed E-state index contributed by atoms with van der Waals surface area (Å²) in [6, 6.07) is 6.67. The summed E-state index contributed by atoms with van der Waals surface area (Å²) in [7, 11) is 1.85. The number of hydrogen-bond donors (Lipinski definition) is 2. The lowest BCUT2D eigenvalue weighted by molar-refractivity contribution is 0.625.